The molecular formula is C21H22N2O4. The normalized spacial score (nSPS) is 15.3. The first-order valence-corrected chi connectivity index (χ1v) is 8.82. The molecule has 0 aliphatic heterocycles. The van der Waals surface area contributed by atoms with E-state index in [0.717, 1.165) is 5.56 Å². The van der Waals surface area contributed by atoms with Gasteiger partial charge >= 0.3 is 5.97 Å². The highest BCUT2D eigenvalue weighted by Crippen LogP contribution is 2.47. The van der Waals surface area contributed by atoms with Gasteiger partial charge in [-0.2, -0.15) is 0 Å². The highest BCUT2D eigenvalue weighted by atomic mass is 16.5. The molecule has 1 aliphatic rings. The molecule has 0 radical (unpaired) electrons. The maximum Gasteiger partial charge on any atom is 0.337 e. The third-order valence-electron chi connectivity index (χ3n) is 4.83. The molecule has 140 valence electrons. The van der Waals surface area contributed by atoms with Crippen molar-refractivity contribution in [2.24, 2.45) is 5.41 Å². The zero-order chi connectivity index (χ0) is 19.4. The molecule has 0 aromatic heterocycles. The first kappa shape index (κ1) is 18.6. The molecule has 2 N–H and O–H groups in total. The van der Waals surface area contributed by atoms with Crippen LogP contribution in [0.3, 0.4) is 0 Å². The van der Waals surface area contributed by atoms with Crippen molar-refractivity contribution in [2.45, 2.75) is 25.8 Å². The fourth-order valence-corrected chi connectivity index (χ4v) is 2.90. The fraction of sp³-hybridized carbons (Fsp3) is 0.286. The molecule has 27 heavy (non-hydrogen) atoms. The number of anilines is 1. The zero-order valence-electron chi connectivity index (χ0n) is 15.3. The standard InChI is InChI=1S/C21H22N2O4/c1-14(15-6-4-3-5-7-15)22-19(25)21(12-13-21)20(26)23-17-10-8-16(9-11-17)18(24)27-2/h3-11,14H,12-13H2,1-2H3,(H,22,25)(H,23,26). The van der Waals surface area contributed by atoms with Crippen molar-refractivity contribution in [3.05, 3.63) is 65.7 Å². The van der Waals surface area contributed by atoms with Gasteiger partial charge in [0.1, 0.15) is 5.41 Å². The predicted molar refractivity (Wildman–Crippen MR) is 101 cm³/mol. The van der Waals surface area contributed by atoms with Crippen molar-refractivity contribution >= 4 is 23.5 Å². The van der Waals surface area contributed by atoms with Crippen molar-refractivity contribution in [3.63, 3.8) is 0 Å². The molecule has 1 saturated carbocycles. The molecule has 0 heterocycles. The van der Waals surface area contributed by atoms with Crippen LogP contribution in [0.1, 0.15) is 41.7 Å². The molecular weight excluding hydrogens is 344 g/mol. The number of amides is 2. The van der Waals surface area contributed by atoms with Gasteiger partial charge in [0.05, 0.1) is 18.7 Å². The lowest BCUT2D eigenvalue weighted by atomic mass is 10.0. The summed E-state index contributed by atoms with van der Waals surface area (Å²) in [4.78, 5) is 36.8. The van der Waals surface area contributed by atoms with E-state index in [0.29, 0.717) is 24.1 Å². The van der Waals surface area contributed by atoms with E-state index in [1.807, 2.05) is 37.3 Å². The molecule has 0 saturated heterocycles. The summed E-state index contributed by atoms with van der Waals surface area (Å²) in [5.41, 5.74) is 0.888. The maximum atomic E-state index is 12.7. The van der Waals surface area contributed by atoms with Gasteiger partial charge < -0.3 is 15.4 Å². The van der Waals surface area contributed by atoms with E-state index in [1.165, 1.54) is 7.11 Å². The topological polar surface area (TPSA) is 84.5 Å². The highest BCUT2D eigenvalue weighted by Gasteiger charge is 2.56. The maximum absolute atomic E-state index is 12.7. The second-order valence-electron chi connectivity index (χ2n) is 6.71. The Kier molecular flexibility index (Phi) is 5.26. The van der Waals surface area contributed by atoms with Crippen molar-refractivity contribution in [1.29, 1.82) is 0 Å². The van der Waals surface area contributed by atoms with Crippen LogP contribution in [0.25, 0.3) is 0 Å². The minimum absolute atomic E-state index is 0.177. The average Bonchev–Trinajstić information content (AvgIpc) is 3.51. The van der Waals surface area contributed by atoms with Crippen LogP contribution in [0.15, 0.2) is 54.6 Å². The molecule has 2 amide bonds. The molecule has 1 aliphatic carbocycles. The Balaban J connectivity index is 1.63. The number of benzene rings is 2. The number of hydrogen-bond donors (Lipinski definition) is 2. The zero-order valence-corrected chi connectivity index (χ0v) is 15.3. The van der Waals surface area contributed by atoms with Gasteiger partial charge in [0.2, 0.25) is 11.8 Å². The Hall–Kier alpha value is -3.15. The van der Waals surface area contributed by atoms with E-state index >= 15 is 0 Å². The number of methoxy groups -OCH3 is 1. The molecule has 0 bridgehead atoms. The van der Waals surface area contributed by atoms with Crippen LogP contribution in [0.5, 0.6) is 0 Å². The van der Waals surface area contributed by atoms with Crippen LogP contribution >= 0.6 is 0 Å². The predicted octanol–water partition coefficient (Wildman–Crippen LogP) is 3.07. The smallest absolute Gasteiger partial charge is 0.337 e. The fourth-order valence-electron chi connectivity index (χ4n) is 2.90. The van der Waals surface area contributed by atoms with Gasteiger partial charge in [-0.1, -0.05) is 30.3 Å². The molecule has 6 nitrogen and oxygen atoms in total. The lowest BCUT2D eigenvalue weighted by Gasteiger charge is -2.19. The lowest BCUT2D eigenvalue weighted by molar-refractivity contribution is -0.134. The molecule has 2 aromatic carbocycles. The summed E-state index contributed by atoms with van der Waals surface area (Å²) in [7, 11) is 1.31. The third kappa shape index (κ3) is 4.00. The van der Waals surface area contributed by atoms with Gasteiger partial charge in [-0.25, -0.2) is 4.79 Å². The van der Waals surface area contributed by atoms with Gasteiger partial charge in [-0.3, -0.25) is 9.59 Å². The molecule has 1 atom stereocenters. The molecule has 1 fully saturated rings. The Morgan fingerprint density at radius 1 is 0.963 bits per heavy atom. The number of ether oxygens (including phenoxy) is 1. The van der Waals surface area contributed by atoms with E-state index in [9.17, 15) is 14.4 Å². The summed E-state index contributed by atoms with van der Waals surface area (Å²) in [5.74, 6) is -1.03. The van der Waals surface area contributed by atoms with Crippen molar-refractivity contribution in [1.82, 2.24) is 5.32 Å². The molecule has 0 spiro atoms. The number of carbonyl (C=O) groups is 3. The Morgan fingerprint density at radius 2 is 1.59 bits per heavy atom. The van der Waals surface area contributed by atoms with Gasteiger partial charge in [0, 0.05) is 5.69 Å². The summed E-state index contributed by atoms with van der Waals surface area (Å²) >= 11 is 0. The second kappa shape index (κ2) is 7.61. The first-order chi connectivity index (χ1) is 13.0. The molecule has 6 heteroatoms. The largest absolute Gasteiger partial charge is 0.465 e. The first-order valence-electron chi connectivity index (χ1n) is 8.82. The number of esters is 1. The molecule has 2 aromatic rings. The van der Waals surface area contributed by atoms with Crippen LogP contribution in [0, 0.1) is 5.41 Å². The minimum atomic E-state index is -1.02. The highest BCUT2D eigenvalue weighted by molar-refractivity contribution is 6.13. The number of nitrogens with one attached hydrogen (secondary N) is 2. The van der Waals surface area contributed by atoms with Crippen molar-refractivity contribution in [3.8, 4) is 0 Å². The van der Waals surface area contributed by atoms with E-state index in [2.05, 4.69) is 15.4 Å². The second-order valence-corrected chi connectivity index (χ2v) is 6.71. The van der Waals surface area contributed by atoms with E-state index in [-0.39, 0.29) is 17.9 Å². The third-order valence-corrected chi connectivity index (χ3v) is 4.83. The van der Waals surface area contributed by atoms with E-state index in [4.69, 9.17) is 0 Å². The van der Waals surface area contributed by atoms with E-state index < -0.39 is 11.4 Å². The van der Waals surface area contributed by atoms with Crippen molar-refractivity contribution < 1.29 is 19.1 Å². The monoisotopic (exact) mass is 366 g/mol. The summed E-state index contributed by atoms with van der Waals surface area (Å²) in [6.07, 6.45) is 1.04. The molecule has 3 rings (SSSR count). The summed E-state index contributed by atoms with van der Waals surface area (Å²) in [6, 6.07) is 15.8. The summed E-state index contributed by atoms with van der Waals surface area (Å²) in [6.45, 7) is 1.90. The van der Waals surface area contributed by atoms with Crippen LogP contribution in [0.2, 0.25) is 0 Å². The van der Waals surface area contributed by atoms with Gasteiger partial charge in [0.25, 0.3) is 0 Å². The Morgan fingerprint density at radius 3 is 2.15 bits per heavy atom. The Labute approximate surface area is 157 Å². The summed E-state index contributed by atoms with van der Waals surface area (Å²) in [5, 5.41) is 5.71. The molecule has 1 unspecified atom stereocenters. The number of carbonyl (C=O) groups excluding carboxylic acids is 3. The Bertz CT molecular complexity index is 842. The van der Waals surface area contributed by atoms with Gasteiger partial charge in [-0.05, 0) is 49.6 Å². The average molecular weight is 366 g/mol. The SMILES string of the molecule is COC(=O)c1ccc(NC(=O)C2(C(=O)NC(C)c3ccccc3)CC2)cc1. The van der Waals surface area contributed by atoms with Crippen molar-refractivity contribution in [2.75, 3.05) is 12.4 Å². The summed E-state index contributed by atoms with van der Waals surface area (Å²) < 4.78 is 4.65. The van der Waals surface area contributed by atoms with Gasteiger partial charge in [-0.15, -0.1) is 0 Å². The van der Waals surface area contributed by atoms with Gasteiger partial charge in [0.15, 0.2) is 0 Å². The van der Waals surface area contributed by atoms with Crippen LogP contribution in [-0.4, -0.2) is 24.9 Å². The lowest BCUT2D eigenvalue weighted by Crippen LogP contribution is -2.41. The minimum Gasteiger partial charge on any atom is -0.465 e. The van der Waals surface area contributed by atoms with Crippen LogP contribution in [0.4, 0.5) is 5.69 Å². The van der Waals surface area contributed by atoms with Crippen LogP contribution < -0.4 is 10.6 Å². The van der Waals surface area contributed by atoms with Crippen LogP contribution in [-0.2, 0) is 14.3 Å². The van der Waals surface area contributed by atoms with E-state index in [1.54, 1.807) is 24.3 Å². The quantitative estimate of drug-likeness (QED) is 0.608. The number of rotatable bonds is 6. The number of hydrogen-bond acceptors (Lipinski definition) is 4.